The number of aromatic hydroxyl groups is 1. The number of phenolic OH excluding ortho intramolecular Hbond substituents is 1. The summed E-state index contributed by atoms with van der Waals surface area (Å²) in [5.41, 5.74) is 3.02. The average molecular weight is 378 g/mol. The average Bonchev–Trinajstić information content (AvgIpc) is 2.50. The fraction of sp³-hybridized carbons (Fsp3) is 0.0667. The van der Waals surface area contributed by atoms with Crippen molar-refractivity contribution in [2.45, 2.75) is 6.92 Å². The maximum absolute atomic E-state index is 11.9. The molecule has 0 fully saturated rings. The first-order valence-corrected chi connectivity index (χ1v) is 7.25. The smallest absolute Gasteiger partial charge is 0.271 e. The zero-order chi connectivity index (χ0) is 17.0. The number of hydrogen-bond acceptors (Lipinski definition) is 5. The molecule has 0 spiro atoms. The molecule has 0 aliphatic rings. The van der Waals surface area contributed by atoms with Gasteiger partial charge in [-0.1, -0.05) is 22.0 Å². The molecule has 23 heavy (non-hydrogen) atoms. The van der Waals surface area contributed by atoms with Crippen molar-refractivity contribution in [3.8, 4) is 5.75 Å². The summed E-state index contributed by atoms with van der Waals surface area (Å²) in [4.78, 5) is 22.2. The maximum Gasteiger partial charge on any atom is 0.271 e. The lowest BCUT2D eigenvalue weighted by Crippen LogP contribution is -2.17. The maximum atomic E-state index is 11.9. The van der Waals surface area contributed by atoms with Gasteiger partial charge in [-0.2, -0.15) is 5.10 Å². The van der Waals surface area contributed by atoms with Crippen LogP contribution in [0, 0.1) is 17.0 Å². The van der Waals surface area contributed by atoms with E-state index in [9.17, 15) is 20.0 Å². The third-order valence-corrected chi connectivity index (χ3v) is 3.48. The van der Waals surface area contributed by atoms with E-state index in [1.54, 1.807) is 31.2 Å². The highest BCUT2D eigenvalue weighted by Crippen LogP contribution is 2.26. The highest BCUT2D eigenvalue weighted by molar-refractivity contribution is 9.10. The molecule has 1 amide bonds. The summed E-state index contributed by atoms with van der Waals surface area (Å²) in [6.07, 6.45) is 1.16. The van der Waals surface area contributed by atoms with E-state index in [2.05, 4.69) is 26.5 Å². The Bertz CT molecular complexity index is 805. The molecule has 0 atom stereocenters. The first kappa shape index (κ1) is 16.6. The lowest BCUT2D eigenvalue weighted by molar-refractivity contribution is -0.384. The molecular formula is C15H12BrN3O4. The van der Waals surface area contributed by atoms with Crippen LogP contribution in [0.3, 0.4) is 0 Å². The Kier molecular flexibility index (Phi) is 5.07. The molecule has 7 nitrogen and oxygen atoms in total. The number of nitro groups is 1. The molecule has 2 N–H and O–H groups in total. The van der Waals surface area contributed by atoms with Crippen LogP contribution in [0.2, 0.25) is 0 Å². The Labute approximate surface area is 139 Å². The van der Waals surface area contributed by atoms with Crippen molar-refractivity contribution in [2.24, 2.45) is 5.10 Å². The summed E-state index contributed by atoms with van der Waals surface area (Å²) >= 11 is 3.26. The number of benzene rings is 2. The van der Waals surface area contributed by atoms with Crippen LogP contribution in [-0.4, -0.2) is 22.2 Å². The van der Waals surface area contributed by atoms with E-state index in [-0.39, 0.29) is 17.0 Å². The van der Waals surface area contributed by atoms with Crippen molar-refractivity contribution in [3.05, 3.63) is 67.7 Å². The Morgan fingerprint density at radius 1 is 1.39 bits per heavy atom. The Hall–Kier alpha value is -2.74. The van der Waals surface area contributed by atoms with E-state index < -0.39 is 10.8 Å². The standard InChI is InChI=1S/C15H12BrN3O4/c1-9-5-13(19(22)23)7-11(14(9)20)8-17-18-15(21)10-3-2-4-12(16)6-10/h2-8,20H,1H3,(H,18,21). The number of halogens is 1. The lowest BCUT2D eigenvalue weighted by Gasteiger charge is -2.03. The highest BCUT2D eigenvalue weighted by atomic mass is 79.9. The van der Waals surface area contributed by atoms with Crippen molar-refractivity contribution in [1.82, 2.24) is 5.43 Å². The molecule has 2 rings (SSSR count). The predicted octanol–water partition coefficient (Wildman–Crippen LogP) is 3.14. The third-order valence-electron chi connectivity index (χ3n) is 2.98. The molecule has 0 aromatic heterocycles. The van der Waals surface area contributed by atoms with Gasteiger partial charge in [0, 0.05) is 27.7 Å². The van der Waals surface area contributed by atoms with Crippen LogP contribution in [0.5, 0.6) is 5.75 Å². The van der Waals surface area contributed by atoms with Gasteiger partial charge in [0.2, 0.25) is 0 Å². The number of carbonyl (C=O) groups excluding carboxylic acids is 1. The molecule has 118 valence electrons. The topological polar surface area (TPSA) is 105 Å². The van der Waals surface area contributed by atoms with Crippen LogP contribution in [0.25, 0.3) is 0 Å². The van der Waals surface area contributed by atoms with Crippen LogP contribution >= 0.6 is 15.9 Å². The van der Waals surface area contributed by atoms with E-state index in [0.717, 1.165) is 10.7 Å². The summed E-state index contributed by atoms with van der Waals surface area (Å²) in [6, 6.07) is 9.16. The number of nitrogens with zero attached hydrogens (tertiary/aromatic N) is 2. The second-order valence-electron chi connectivity index (χ2n) is 4.67. The Morgan fingerprint density at radius 2 is 2.13 bits per heavy atom. The number of nitrogens with one attached hydrogen (secondary N) is 1. The number of non-ortho nitro benzene ring substituents is 1. The summed E-state index contributed by atoms with van der Waals surface area (Å²) in [7, 11) is 0. The van der Waals surface area contributed by atoms with Gasteiger partial charge in [-0.25, -0.2) is 5.43 Å². The number of hydrazone groups is 1. The summed E-state index contributed by atoms with van der Waals surface area (Å²) in [5.74, 6) is -0.569. The molecule has 2 aromatic carbocycles. The number of hydrogen-bond donors (Lipinski definition) is 2. The van der Waals surface area contributed by atoms with Gasteiger partial charge in [0.25, 0.3) is 11.6 Å². The number of amides is 1. The van der Waals surface area contributed by atoms with Gasteiger partial charge in [0.15, 0.2) is 0 Å². The SMILES string of the molecule is Cc1cc([N+](=O)[O-])cc(C=NNC(=O)c2cccc(Br)c2)c1O. The van der Waals surface area contributed by atoms with E-state index in [1.807, 2.05) is 0 Å². The molecule has 0 saturated heterocycles. The van der Waals surface area contributed by atoms with Gasteiger partial charge < -0.3 is 5.11 Å². The van der Waals surface area contributed by atoms with Crippen molar-refractivity contribution in [1.29, 1.82) is 0 Å². The number of nitro benzene ring substituents is 1. The molecule has 0 bridgehead atoms. The summed E-state index contributed by atoms with van der Waals surface area (Å²) < 4.78 is 0.751. The molecule has 0 aliphatic heterocycles. The molecule has 0 radical (unpaired) electrons. The summed E-state index contributed by atoms with van der Waals surface area (Å²) in [5, 5.41) is 24.4. The minimum atomic E-state index is -0.566. The van der Waals surface area contributed by atoms with Gasteiger partial charge in [-0.15, -0.1) is 0 Å². The van der Waals surface area contributed by atoms with Crippen molar-refractivity contribution in [3.63, 3.8) is 0 Å². The predicted molar refractivity (Wildman–Crippen MR) is 88.7 cm³/mol. The number of phenols is 1. The molecule has 8 heteroatoms. The van der Waals surface area contributed by atoms with Crippen molar-refractivity contribution < 1.29 is 14.8 Å². The van der Waals surface area contributed by atoms with Crippen LogP contribution < -0.4 is 5.43 Å². The normalized spacial score (nSPS) is 10.7. The monoisotopic (exact) mass is 377 g/mol. The molecule has 0 aliphatic carbocycles. The van der Waals surface area contributed by atoms with Crippen LogP contribution in [0.1, 0.15) is 21.5 Å². The second-order valence-corrected chi connectivity index (χ2v) is 5.58. The molecule has 0 saturated carbocycles. The zero-order valence-electron chi connectivity index (χ0n) is 12.0. The van der Waals surface area contributed by atoms with Crippen molar-refractivity contribution in [2.75, 3.05) is 0 Å². The second kappa shape index (κ2) is 7.01. The van der Waals surface area contributed by atoms with E-state index in [1.165, 1.54) is 12.1 Å². The number of rotatable bonds is 4. The molecule has 0 unspecified atom stereocenters. The van der Waals surface area contributed by atoms with Gasteiger partial charge in [0.1, 0.15) is 5.75 Å². The first-order valence-electron chi connectivity index (χ1n) is 6.45. The molecule has 0 heterocycles. The Morgan fingerprint density at radius 3 is 2.78 bits per heavy atom. The quantitative estimate of drug-likeness (QED) is 0.484. The van der Waals surface area contributed by atoms with Gasteiger partial charge in [-0.05, 0) is 30.7 Å². The summed E-state index contributed by atoms with van der Waals surface area (Å²) in [6.45, 7) is 1.54. The minimum absolute atomic E-state index is 0.129. The van der Waals surface area contributed by atoms with Gasteiger partial charge in [0.05, 0.1) is 11.1 Å². The number of aryl methyl sites for hydroxylation is 1. The molecular weight excluding hydrogens is 366 g/mol. The van der Waals surface area contributed by atoms with Crippen molar-refractivity contribution >= 4 is 33.7 Å². The minimum Gasteiger partial charge on any atom is -0.507 e. The Balaban J connectivity index is 2.17. The first-order chi connectivity index (χ1) is 10.9. The van der Waals surface area contributed by atoms with Crippen LogP contribution in [0.4, 0.5) is 5.69 Å². The van der Waals surface area contributed by atoms with Gasteiger partial charge in [-0.3, -0.25) is 14.9 Å². The van der Waals surface area contributed by atoms with Crippen LogP contribution in [0.15, 0.2) is 46.0 Å². The zero-order valence-corrected chi connectivity index (χ0v) is 13.6. The van der Waals surface area contributed by atoms with Crippen LogP contribution in [-0.2, 0) is 0 Å². The van der Waals surface area contributed by atoms with E-state index in [0.29, 0.717) is 11.1 Å². The number of carbonyl (C=O) groups is 1. The molecule has 2 aromatic rings. The fourth-order valence-electron chi connectivity index (χ4n) is 1.85. The van der Waals surface area contributed by atoms with E-state index in [4.69, 9.17) is 0 Å². The van der Waals surface area contributed by atoms with E-state index >= 15 is 0 Å². The largest absolute Gasteiger partial charge is 0.507 e. The van der Waals surface area contributed by atoms with Gasteiger partial charge >= 0.3 is 0 Å². The third kappa shape index (κ3) is 4.13. The lowest BCUT2D eigenvalue weighted by atomic mass is 10.1. The highest BCUT2D eigenvalue weighted by Gasteiger charge is 2.12. The fourth-order valence-corrected chi connectivity index (χ4v) is 2.24.